The highest BCUT2D eigenvalue weighted by Gasteiger charge is 2.33. The van der Waals surface area contributed by atoms with Gasteiger partial charge in [0.05, 0.1) is 6.61 Å². The van der Waals surface area contributed by atoms with Crippen molar-refractivity contribution in [1.29, 1.82) is 0 Å². The summed E-state index contributed by atoms with van der Waals surface area (Å²) in [6.07, 6.45) is 1.96. The molecule has 0 saturated carbocycles. The van der Waals surface area contributed by atoms with Gasteiger partial charge in [-0.2, -0.15) is 0 Å². The molecule has 2 aromatic rings. The first kappa shape index (κ1) is 25.3. The van der Waals surface area contributed by atoms with E-state index < -0.39 is 23.8 Å². The van der Waals surface area contributed by atoms with Gasteiger partial charge in [-0.3, -0.25) is 0 Å². The van der Waals surface area contributed by atoms with E-state index in [9.17, 15) is 9.90 Å². The highest BCUT2D eigenvalue weighted by molar-refractivity contribution is 5.83. The fourth-order valence-corrected chi connectivity index (χ4v) is 3.29. The normalized spacial score (nSPS) is 13.8. The fourth-order valence-electron chi connectivity index (χ4n) is 3.29. The number of hydrogen-bond donors (Lipinski definition) is 1. The second-order valence-electron chi connectivity index (χ2n) is 8.61. The Labute approximate surface area is 185 Å². The summed E-state index contributed by atoms with van der Waals surface area (Å²) in [4.78, 5) is 12.6. The Morgan fingerprint density at radius 1 is 1.00 bits per heavy atom. The Morgan fingerprint density at radius 2 is 1.74 bits per heavy atom. The van der Waals surface area contributed by atoms with Crippen molar-refractivity contribution in [3.8, 4) is 0 Å². The van der Waals surface area contributed by atoms with Crippen molar-refractivity contribution in [2.45, 2.75) is 64.3 Å². The summed E-state index contributed by atoms with van der Waals surface area (Å²) in [5.74, 6) is -0.543. The Bertz CT molecular complexity index is 798. The first-order valence-corrected chi connectivity index (χ1v) is 10.9. The molecule has 2 rings (SSSR count). The minimum Gasteiger partial charge on any atom is -0.458 e. The maximum absolute atomic E-state index is 12.6. The van der Waals surface area contributed by atoms with Gasteiger partial charge in [0.15, 0.2) is 6.10 Å². The van der Waals surface area contributed by atoms with Gasteiger partial charge in [-0.15, -0.1) is 0 Å². The maximum atomic E-state index is 12.6. The molecule has 0 aliphatic heterocycles. The van der Waals surface area contributed by atoms with Crippen LogP contribution in [0.15, 0.2) is 42.5 Å². The first-order valence-electron chi connectivity index (χ1n) is 10.9. The molecule has 2 atom stereocenters. The predicted octanol–water partition coefficient (Wildman–Crippen LogP) is 4.26. The summed E-state index contributed by atoms with van der Waals surface area (Å²) in [7, 11) is 1.48. The van der Waals surface area contributed by atoms with Gasteiger partial charge >= 0.3 is 5.97 Å². The summed E-state index contributed by atoms with van der Waals surface area (Å²) in [6, 6.07) is 14.9. The van der Waals surface area contributed by atoms with E-state index in [0.717, 1.165) is 25.7 Å². The molecule has 172 valence electrons. The Hall–Kier alpha value is -1.99. The van der Waals surface area contributed by atoms with Gasteiger partial charge in [-0.25, -0.2) is 4.79 Å². The summed E-state index contributed by atoms with van der Waals surface area (Å²) < 4.78 is 21.5. The molecule has 0 radical (unpaired) electrons. The van der Waals surface area contributed by atoms with E-state index in [2.05, 4.69) is 36.4 Å². The molecule has 0 saturated heterocycles. The average Bonchev–Trinajstić information content (AvgIpc) is 2.73. The van der Waals surface area contributed by atoms with E-state index in [-0.39, 0.29) is 13.4 Å². The number of aliphatic hydroxyl groups is 1. The number of unbranched alkanes of at least 4 members (excludes halogenated alkanes) is 2. The molecule has 2 aromatic carbocycles. The molecule has 6 nitrogen and oxygen atoms in total. The number of fused-ring (bicyclic) bond motifs is 1. The van der Waals surface area contributed by atoms with Crippen LogP contribution in [0.2, 0.25) is 0 Å². The topological polar surface area (TPSA) is 74.2 Å². The lowest BCUT2D eigenvalue weighted by Gasteiger charge is -2.28. The lowest BCUT2D eigenvalue weighted by atomic mass is 10.0. The van der Waals surface area contributed by atoms with Crippen molar-refractivity contribution in [3.05, 3.63) is 48.0 Å². The van der Waals surface area contributed by atoms with Crippen LogP contribution in [-0.2, 0) is 30.2 Å². The van der Waals surface area contributed by atoms with Crippen LogP contribution in [0.5, 0.6) is 0 Å². The third kappa shape index (κ3) is 8.95. The van der Waals surface area contributed by atoms with Crippen LogP contribution in [0.4, 0.5) is 0 Å². The van der Waals surface area contributed by atoms with Crippen molar-refractivity contribution < 1.29 is 28.8 Å². The van der Waals surface area contributed by atoms with E-state index >= 15 is 0 Å². The fraction of sp³-hybridized carbons (Fsp3) is 0.560. The molecule has 0 aliphatic carbocycles. The minimum absolute atomic E-state index is 0.0420. The standard InChI is InChI=1S/C25H36O6/c1-25(2,3)31-24(27)23(22(17-26)30-18-28-4)29-15-9-5-6-10-19-13-14-20-11-7-8-12-21(20)16-19/h7-8,11-14,16,22-23,26H,5-6,9-10,15,17-18H2,1-4H3/t22-,23+/m0/s1. The van der Waals surface area contributed by atoms with Crippen LogP contribution >= 0.6 is 0 Å². The second-order valence-corrected chi connectivity index (χ2v) is 8.61. The molecular formula is C25H36O6. The first-order chi connectivity index (χ1) is 14.8. The van der Waals surface area contributed by atoms with Crippen LogP contribution in [0, 0.1) is 0 Å². The summed E-state index contributed by atoms with van der Waals surface area (Å²) in [5.41, 5.74) is 0.666. The third-order valence-electron chi connectivity index (χ3n) is 4.78. The van der Waals surface area contributed by atoms with Gasteiger partial charge in [-0.05, 0) is 56.4 Å². The minimum atomic E-state index is -1.00. The molecule has 31 heavy (non-hydrogen) atoms. The maximum Gasteiger partial charge on any atom is 0.338 e. The van der Waals surface area contributed by atoms with Gasteiger partial charge in [0.2, 0.25) is 0 Å². The van der Waals surface area contributed by atoms with Crippen molar-refractivity contribution in [1.82, 2.24) is 0 Å². The van der Waals surface area contributed by atoms with E-state index in [1.165, 1.54) is 23.4 Å². The number of hydrogen-bond acceptors (Lipinski definition) is 6. The number of carbonyl (C=O) groups is 1. The van der Waals surface area contributed by atoms with Gasteiger partial charge in [0.25, 0.3) is 0 Å². The summed E-state index contributed by atoms with van der Waals surface area (Å²) >= 11 is 0. The molecule has 0 aliphatic rings. The van der Waals surface area contributed by atoms with Crippen molar-refractivity contribution in [3.63, 3.8) is 0 Å². The largest absolute Gasteiger partial charge is 0.458 e. The quantitative estimate of drug-likeness (QED) is 0.290. The smallest absolute Gasteiger partial charge is 0.338 e. The number of carbonyl (C=O) groups excluding carboxylic acids is 1. The van der Waals surface area contributed by atoms with E-state index in [1.807, 2.05) is 6.07 Å². The number of aryl methyl sites for hydroxylation is 1. The molecule has 0 heterocycles. The van der Waals surface area contributed by atoms with E-state index in [0.29, 0.717) is 6.61 Å². The lowest BCUT2D eigenvalue weighted by Crippen LogP contribution is -2.44. The monoisotopic (exact) mass is 432 g/mol. The zero-order valence-corrected chi connectivity index (χ0v) is 19.1. The number of methoxy groups -OCH3 is 1. The second kappa shape index (κ2) is 12.8. The molecule has 0 amide bonds. The molecule has 0 fully saturated rings. The predicted molar refractivity (Wildman–Crippen MR) is 121 cm³/mol. The highest BCUT2D eigenvalue weighted by atomic mass is 16.7. The Kier molecular flexibility index (Phi) is 10.4. The Balaban J connectivity index is 1.80. The molecule has 0 aromatic heterocycles. The van der Waals surface area contributed by atoms with E-state index in [4.69, 9.17) is 18.9 Å². The lowest BCUT2D eigenvalue weighted by molar-refractivity contribution is -0.190. The molecule has 0 spiro atoms. The third-order valence-corrected chi connectivity index (χ3v) is 4.78. The van der Waals surface area contributed by atoms with Crippen molar-refractivity contribution >= 4 is 16.7 Å². The number of esters is 1. The van der Waals surface area contributed by atoms with Crippen LogP contribution < -0.4 is 0 Å². The number of rotatable bonds is 13. The molecule has 0 bridgehead atoms. The molecular weight excluding hydrogens is 396 g/mol. The zero-order valence-electron chi connectivity index (χ0n) is 19.1. The molecule has 6 heteroatoms. The average molecular weight is 433 g/mol. The zero-order chi connectivity index (χ0) is 22.7. The van der Waals surface area contributed by atoms with Gasteiger partial charge < -0.3 is 24.1 Å². The van der Waals surface area contributed by atoms with Crippen LogP contribution in [0.3, 0.4) is 0 Å². The molecule has 0 unspecified atom stereocenters. The Morgan fingerprint density at radius 3 is 2.42 bits per heavy atom. The summed E-state index contributed by atoms with van der Waals surface area (Å²) in [6.45, 7) is 5.35. The summed E-state index contributed by atoms with van der Waals surface area (Å²) in [5, 5.41) is 12.2. The van der Waals surface area contributed by atoms with Gasteiger partial charge in [0, 0.05) is 13.7 Å². The van der Waals surface area contributed by atoms with Crippen molar-refractivity contribution in [2.24, 2.45) is 0 Å². The van der Waals surface area contributed by atoms with Gasteiger partial charge in [0.1, 0.15) is 18.5 Å². The van der Waals surface area contributed by atoms with Crippen LogP contribution in [-0.4, -0.2) is 56.0 Å². The highest BCUT2D eigenvalue weighted by Crippen LogP contribution is 2.18. The number of benzene rings is 2. The van der Waals surface area contributed by atoms with Gasteiger partial charge in [-0.1, -0.05) is 48.9 Å². The van der Waals surface area contributed by atoms with Crippen LogP contribution in [0.25, 0.3) is 10.8 Å². The number of ether oxygens (including phenoxy) is 4. The van der Waals surface area contributed by atoms with Crippen molar-refractivity contribution in [2.75, 3.05) is 27.1 Å². The van der Waals surface area contributed by atoms with Crippen LogP contribution in [0.1, 0.15) is 45.6 Å². The van der Waals surface area contributed by atoms with E-state index in [1.54, 1.807) is 20.8 Å². The SMILES string of the molecule is COCO[C@@H](CO)[C@@H](OCCCCCc1ccc2ccccc2c1)C(=O)OC(C)(C)C. The number of aliphatic hydroxyl groups excluding tert-OH is 1. The molecule has 1 N–H and O–H groups in total.